The van der Waals surface area contributed by atoms with Crippen molar-refractivity contribution in [1.29, 1.82) is 0 Å². The second-order valence-corrected chi connectivity index (χ2v) is 6.41. The van der Waals surface area contributed by atoms with Gasteiger partial charge in [0.1, 0.15) is 24.0 Å². The van der Waals surface area contributed by atoms with Gasteiger partial charge in [0.25, 0.3) is 0 Å². The second kappa shape index (κ2) is 7.38. The molecule has 0 atom stereocenters. The number of aryl methyl sites for hydroxylation is 1. The molecule has 0 aliphatic carbocycles. The van der Waals surface area contributed by atoms with Crippen LogP contribution in [0.15, 0.2) is 42.9 Å². The summed E-state index contributed by atoms with van der Waals surface area (Å²) < 4.78 is 12.5. The zero-order valence-corrected chi connectivity index (χ0v) is 15.7. The first-order valence-electron chi connectivity index (χ1n) is 8.44. The first-order chi connectivity index (χ1) is 13.2. The quantitative estimate of drug-likeness (QED) is 0.507. The standard InChI is InChI=1S/C19H18ClN5O2/c1-12-4-3-5-13(20)17(12)24-18-15-10-21-11-25(15)19-14(22-18)6-7-16(23-19)27-9-8-26-2/h3-7,10-11H,8-9H2,1-2H3,(H,22,24). The lowest BCUT2D eigenvalue weighted by Gasteiger charge is -2.13. The number of aromatic nitrogens is 4. The maximum atomic E-state index is 6.35. The van der Waals surface area contributed by atoms with Crippen LogP contribution in [0.5, 0.6) is 5.88 Å². The van der Waals surface area contributed by atoms with Crippen LogP contribution in [0.4, 0.5) is 11.5 Å². The highest BCUT2D eigenvalue weighted by atomic mass is 35.5. The summed E-state index contributed by atoms with van der Waals surface area (Å²) in [4.78, 5) is 13.5. The van der Waals surface area contributed by atoms with Gasteiger partial charge in [-0.15, -0.1) is 0 Å². The third kappa shape index (κ3) is 3.39. The number of para-hydroxylation sites is 1. The van der Waals surface area contributed by atoms with Crippen LogP contribution in [-0.4, -0.2) is 39.7 Å². The van der Waals surface area contributed by atoms with Gasteiger partial charge in [-0.05, 0) is 24.6 Å². The number of hydrogen-bond acceptors (Lipinski definition) is 6. The van der Waals surface area contributed by atoms with E-state index in [4.69, 9.17) is 26.1 Å². The van der Waals surface area contributed by atoms with Gasteiger partial charge in [-0.2, -0.15) is 4.98 Å². The molecule has 0 radical (unpaired) electrons. The van der Waals surface area contributed by atoms with Crippen LogP contribution in [0.3, 0.4) is 0 Å². The lowest BCUT2D eigenvalue weighted by atomic mass is 10.2. The normalized spacial score (nSPS) is 11.2. The number of hydrogen-bond donors (Lipinski definition) is 1. The third-order valence-corrected chi connectivity index (χ3v) is 4.49. The molecule has 1 aromatic carbocycles. The molecule has 3 aromatic heterocycles. The Morgan fingerprint density at radius 3 is 2.85 bits per heavy atom. The first-order valence-corrected chi connectivity index (χ1v) is 8.82. The Labute approximate surface area is 160 Å². The monoisotopic (exact) mass is 383 g/mol. The predicted octanol–water partition coefficient (Wildman–Crippen LogP) is 4.01. The molecule has 0 saturated carbocycles. The van der Waals surface area contributed by atoms with E-state index in [9.17, 15) is 0 Å². The van der Waals surface area contributed by atoms with E-state index >= 15 is 0 Å². The molecule has 27 heavy (non-hydrogen) atoms. The van der Waals surface area contributed by atoms with Crippen LogP contribution in [0.25, 0.3) is 16.7 Å². The van der Waals surface area contributed by atoms with Crippen molar-refractivity contribution < 1.29 is 9.47 Å². The number of nitrogens with one attached hydrogen (secondary N) is 1. The summed E-state index contributed by atoms with van der Waals surface area (Å²) in [5.74, 6) is 1.17. The van der Waals surface area contributed by atoms with Gasteiger partial charge in [-0.25, -0.2) is 9.97 Å². The highest BCUT2D eigenvalue weighted by Crippen LogP contribution is 2.31. The molecule has 0 aliphatic heterocycles. The molecular weight excluding hydrogens is 366 g/mol. The molecule has 0 amide bonds. The van der Waals surface area contributed by atoms with Crippen LogP contribution in [0, 0.1) is 6.92 Å². The number of nitrogens with zero attached hydrogens (tertiary/aromatic N) is 4. The van der Waals surface area contributed by atoms with E-state index in [1.54, 1.807) is 25.7 Å². The highest BCUT2D eigenvalue weighted by molar-refractivity contribution is 6.33. The number of imidazole rings is 1. The number of halogens is 1. The van der Waals surface area contributed by atoms with Crippen molar-refractivity contribution in [3.05, 3.63) is 53.4 Å². The zero-order chi connectivity index (χ0) is 18.8. The fourth-order valence-electron chi connectivity index (χ4n) is 2.82. The van der Waals surface area contributed by atoms with Crippen molar-refractivity contribution in [2.75, 3.05) is 25.6 Å². The summed E-state index contributed by atoms with van der Waals surface area (Å²) in [6.07, 6.45) is 3.44. The van der Waals surface area contributed by atoms with E-state index < -0.39 is 0 Å². The van der Waals surface area contributed by atoms with Crippen molar-refractivity contribution in [1.82, 2.24) is 19.4 Å². The van der Waals surface area contributed by atoms with Gasteiger partial charge in [-0.1, -0.05) is 23.7 Å². The van der Waals surface area contributed by atoms with Crippen LogP contribution in [0.2, 0.25) is 5.02 Å². The highest BCUT2D eigenvalue weighted by Gasteiger charge is 2.13. The van der Waals surface area contributed by atoms with E-state index in [1.807, 2.05) is 35.6 Å². The van der Waals surface area contributed by atoms with Gasteiger partial charge < -0.3 is 14.8 Å². The summed E-state index contributed by atoms with van der Waals surface area (Å²) >= 11 is 6.35. The van der Waals surface area contributed by atoms with Gasteiger partial charge in [-0.3, -0.25) is 4.40 Å². The number of rotatable bonds is 6. The van der Waals surface area contributed by atoms with Crippen LogP contribution in [-0.2, 0) is 4.74 Å². The van der Waals surface area contributed by atoms with E-state index in [-0.39, 0.29) is 0 Å². The van der Waals surface area contributed by atoms with Crippen LogP contribution >= 0.6 is 11.6 Å². The summed E-state index contributed by atoms with van der Waals surface area (Å²) in [7, 11) is 1.63. The maximum Gasteiger partial charge on any atom is 0.215 e. The van der Waals surface area contributed by atoms with Gasteiger partial charge in [0, 0.05) is 13.2 Å². The van der Waals surface area contributed by atoms with Crippen LogP contribution < -0.4 is 10.1 Å². The molecule has 0 spiro atoms. The predicted molar refractivity (Wildman–Crippen MR) is 105 cm³/mol. The van der Waals surface area contributed by atoms with E-state index in [0.29, 0.717) is 41.1 Å². The maximum absolute atomic E-state index is 6.35. The minimum absolute atomic E-state index is 0.431. The molecule has 138 valence electrons. The Hall–Kier alpha value is -2.90. The summed E-state index contributed by atoms with van der Waals surface area (Å²) in [5.41, 5.74) is 4.03. The SMILES string of the molecule is COCCOc1ccc2nc(Nc3c(C)cccc3Cl)c3cncn3c2n1. The lowest BCUT2D eigenvalue weighted by Crippen LogP contribution is -2.06. The smallest absolute Gasteiger partial charge is 0.215 e. The summed E-state index contributed by atoms with van der Waals surface area (Å²) in [5, 5.41) is 3.97. The average molecular weight is 384 g/mol. The van der Waals surface area contributed by atoms with Gasteiger partial charge in [0.15, 0.2) is 11.5 Å². The van der Waals surface area contributed by atoms with Gasteiger partial charge in [0.2, 0.25) is 5.88 Å². The van der Waals surface area contributed by atoms with Gasteiger partial charge >= 0.3 is 0 Å². The van der Waals surface area contributed by atoms with Crippen molar-refractivity contribution in [2.45, 2.75) is 6.92 Å². The summed E-state index contributed by atoms with van der Waals surface area (Å²) in [6.45, 7) is 2.92. The number of fused-ring (bicyclic) bond motifs is 3. The number of anilines is 2. The van der Waals surface area contributed by atoms with Gasteiger partial charge in [0.05, 0.1) is 23.5 Å². The number of ether oxygens (including phenoxy) is 2. The zero-order valence-electron chi connectivity index (χ0n) is 14.9. The van der Waals surface area contributed by atoms with Crippen molar-refractivity contribution in [2.24, 2.45) is 0 Å². The number of methoxy groups -OCH3 is 1. The molecule has 4 aromatic rings. The molecule has 0 unspecified atom stereocenters. The largest absolute Gasteiger partial charge is 0.475 e. The molecule has 0 fully saturated rings. The molecule has 0 aliphatic rings. The molecule has 0 bridgehead atoms. The molecule has 4 rings (SSSR count). The van der Waals surface area contributed by atoms with Crippen molar-refractivity contribution in [3.8, 4) is 5.88 Å². The van der Waals surface area contributed by atoms with E-state index in [0.717, 1.165) is 16.8 Å². The average Bonchev–Trinajstić information content (AvgIpc) is 3.16. The Kier molecular flexibility index (Phi) is 4.79. The van der Waals surface area contributed by atoms with E-state index in [1.165, 1.54) is 0 Å². The topological polar surface area (TPSA) is 73.6 Å². The minimum atomic E-state index is 0.431. The molecule has 1 N–H and O–H groups in total. The molecule has 0 saturated heterocycles. The molecule has 8 heteroatoms. The third-order valence-electron chi connectivity index (χ3n) is 4.17. The van der Waals surface area contributed by atoms with E-state index in [2.05, 4.69) is 15.3 Å². The number of benzene rings is 1. The Morgan fingerprint density at radius 1 is 1.15 bits per heavy atom. The molecule has 3 heterocycles. The fourth-order valence-corrected chi connectivity index (χ4v) is 3.08. The first kappa shape index (κ1) is 17.5. The minimum Gasteiger partial charge on any atom is -0.475 e. The lowest BCUT2D eigenvalue weighted by molar-refractivity contribution is 0.144. The Morgan fingerprint density at radius 2 is 2.04 bits per heavy atom. The van der Waals surface area contributed by atoms with Crippen molar-refractivity contribution in [3.63, 3.8) is 0 Å². The fraction of sp³-hybridized carbons (Fsp3) is 0.211. The Balaban J connectivity index is 1.78. The summed E-state index contributed by atoms with van der Waals surface area (Å²) in [6, 6.07) is 9.41. The van der Waals surface area contributed by atoms with Crippen LogP contribution in [0.1, 0.15) is 5.56 Å². The molecular formula is C19H18ClN5O2. The number of pyridine rings is 1. The Bertz CT molecular complexity index is 1090. The molecule has 7 nitrogen and oxygen atoms in total. The second-order valence-electron chi connectivity index (χ2n) is 6.00. The van der Waals surface area contributed by atoms with Crippen molar-refractivity contribution >= 4 is 39.8 Å².